The molecule has 0 atom stereocenters. The summed E-state index contributed by atoms with van der Waals surface area (Å²) in [5.74, 6) is 3.26. The van der Waals surface area contributed by atoms with Crippen molar-refractivity contribution in [2.45, 2.75) is 19.5 Å². The minimum atomic E-state index is -0.215. The number of fused-ring (bicyclic) bond motifs is 3. The molecule has 1 aliphatic rings. The van der Waals surface area contributed by atoms with Gasteiger partial charge in [-0.05, 0) is 59.5 Å². The lowest BCUT2D eigenvalue weighted by molar-refractivity contribution is 0.0942. The maximum atomic E-state index is 14.6. The van der Waals surface area contributed by atoms with Gasteiger partial charge in [-0.1, -0.05) is 52.3 Å². The smallest absolute Gasteiger partial charge is 0.268 e. The summed E-state index contributed by atoms with van der Waals surface area (Å²) in [5.41, 5.74) is 7.53. The number of ether oxygens (including phenoxy) is 6. The first kappa shape index (κ1) is 32.8. The van der Waals surface area contributed by atoms with Gasteiger partial charge in [0.1, 0.15) is 5.69 Å². The highest BCUT2D eigenvalue weighted by Gasteiger charge is 2.35. The summed E-state index contributed by atoms with van der Waals surface area (Å²) < 4.78 is 37.0. The molecule has 48 heavy (non-hydrogen) atoms. The Hall–Kier alpha value is -5.09. The standard InChI is InChI=1S/C38H37BrN2O7/c1-43-28-13-12-24(17-29(28)44-2)34-35(26-19-32(47-5)33(48-6)20-27(26)39)37(38(42)40-21-22-10-8-7-9-11-22)41-15-14-23-16-30(45-3)31(46-4)18-25(23)36(34)41/h7-13,16-20H,14-15,21H2,1-6H3,(H,40,42). The van der Waals surface area contributed by atoms with Gasteiger partial charge >= 0.3 is 0 Å². The van der Waals surface area contributed by atoms with Gasteiger partial charge < -0.3 is 38.3 Å². The zero-order chi connectivity index (χ0) is 33.9. The Kier molecular flexibility index (Phi) is 9.54. The molecular formula is C38H37BrN2O7. The van der Waals surface area contributed by atoms with E-state index in [-0.39, 0.29) is 5.91 Å². The van der Waals surface area contributed by atoms with Crippen molar-refractivity contribution in [2.24, 2.45) is 0 Å². The van der Waals surface area contributed by atoms with Gasteiger partial charge in [-0.2, -0.15) is 0 Å². The number of aryl methyl sites for hydroxylation is 1. The molecule has 0 radical (unpaired) electrons. The van der Waals surface area contributed by atoms with Crippen molar-refractivity contribution >= 4 is 21.8 Å². The molecule has 6 rings (SSSR count). The van der Waals surface area contributed by atoms with E-state index in [9.17, 15) is 4.79 Å². The van der Waals surface area contributed by atoms with E-state index in [0.717, 1.165) is 49.1 Å². The summed E-state index contributed by atoms with van der Waals surface area (Å²) in [6, 6.07) is 23.4. The van der Waals surface area contributed by atoms with Crippen LogP contribution in [-0.4, -0.2) is 53.1 Å². The molecule has 0 aliphatic carbocycles. The monoisotopic (exact) mass is 712 g/mol. The summed E-state index contributed by atoms with van der Waals surface area (Å²) in [7, 11) is 9.66. The second-order valence-corrected chi connectivity index (χ2v) is 12.0. The van der Waals surface area contributed by atoms with Crippen molar-refractivity contribution in [3.8, 4) is 68.0 Å². The molecule has 0 spiro atoms. The summed E-state index contributed by atoms with van der Waals surface area (Å²) in [6.45, 7) is 0.914. The SMILES string of the molecule is COc1ccc(-c2c(-c3cc(OC)c(OC)cc3Br)c(C(=O)NCc3ccccc3)n3c2-c2cc(OC)c(OC)cc2CC3)cc1OC. The minimum absolute atomic E-state index is 0.215. The van der Waals surface area contributed by atoms with Crippen LogP contribution >= 0.6 is 15.9 Å². The molecule has 9 nitrogen and oxygen atoms in total. The van der Waals surface area contributed by atoms with Crippen LogP contribution in [0, 0.1) is 0 Å². The van der Waals surface area contributed by atoms with Crippen molar-refractivity contribution < 1.29 is 33.2 Å². The average Bonchev–Trinajstić information content (AvgIpc) is 3.48. The van der Waals surface area contributed by atoms with Crippen LogP contribution in [0.15, 0.2) is 77.3 Å². The molecule has 0 fully saturated rings. The molecule has 1 N–H and O–H groups in total. The predicted octanol–water partition coefficient (Wildman–Crippen LogP) is 7.79. The highest BCUT2D eigenvalue weighted by atomic mass is 79.9. The quantitative estimate of drug-likeness (QED) is 0.150. The lowest BCUT2D eigenvalue weighted by Gasteiger charge is -2.24. The van der Waals surface area contributed by atoms with Crippen LogP contribution in [0.25, 0.3) is 33.5 Å². The van der Waals surface area contributed by atoms with E-state index in [1.54, 1.807) is 42.7 Å². The van der Waals surface area contributed by atoms with Gasteiger partial charge in [-0.3, -0.25) is 4.79 Å². The maximum absolute atomic E-state index is 14.6. The Labute approximate surface area is 288 Å². The molecule has 0 saturated carbocycles. The number of benzene rings is 4. The number of nitrogens with zero attached hydrogens (tertiary/aromatic N) is 1. The Balaban J connectivity index is 1.72. The van der Waals surface area contributed by atoms with Crippen molar-refractivity contribution in [1.82, 2.24) is 9.88 Å². The predicted molar refractivity (Wildman–Crippen MR) is 189 cm³/mol. The van der Waals surface area contributed by atoms with E-state index in [2.05, 4.69) is 25.8 Å². The van der Waals surface area contributed by atoms with Crippen LogP contribution in [0.1, 0.15) is 21.6 Å². The number of halogens is 1. The number of carbonyl (C=O) groups excluding carboxylic acids is 1. The number of rotatable bonds is 11. The van der Waals surface area contributed by atoms with Crippen LogP contribution < -0.4 is 33.7 Å². The van der Waals surface area contributed by atoms with Gasteiger partial charge in [0.15, 0.2) is 34.5 Å². The average molecular weight is 714 g/mol. The Bertz CT molecular complexity index is 1990. The van der Waals surface area contributed by atoms with E-state index in [1.165, 1.54) is 0 Å². The molecule has 1 amide bonds. The number of carbonyl (C=O) groups is 1. The molecule has 0 saturated heterocycles. The third-order valence-corrected chi connectivity index (χ3v) is 9.31. The van der Waals surface area contributed by atoms with Gasteiger partial charge in [0.05, 0.1) is 48.4 Å². The number of hydrogen-bond donors (Lipinski definition) is 1. The minimum Gasteiger partial charge on any atom is -0.493 e. The lowest BCUT2D eigenvalue weighted by Crippen LogP contribution is -2.27. The second kappa shape index (κ2) is 13.9. The third-order valence-electron chi connectivity index (χ3n) is 8.66. The van der Waals surface area contributed by atoms with E-state index >= 15 is 0 Å². The maximum Gasteiger partial charge on any atom is 0.268 e. The molecule has 0 bridgehead atoms. The second-order valence-electron chi connectivity index (χ2n) is 11.1. The summed E-state index contributed by atoms with van der Waals surface area (Å²) in [6.07, 6.45) is 0.675. The summed E-state index contributed by atoms with van der Waals surface area (Å²) in [4.78, 5) is 14.6. The van der Waals surface area contributed by atoms with Crippen LogP contribution in [0.2, 0.25) is 0 Å². The summed E-state index contributed by atoms with van der Waals surface area (Å²) in [5, 5.41) is 3.20. The molecule has 4 aromatic carbocycles. The molecule has 0 unspecified atom stereocenters. The molecular weight excluding hydrogens is 676 g/mol. The Morgan fingerprint density at radius 2 is 1.27 bits per heavy atom. The third kappa shape index (κ3) is 5.81. The van der Waals surface area contributed by atoms with Gasteiger partial charge in [0.2, 0.25) is 0 Å². The zero-order valence-electron chi connectivity index (χ0n) is 27.7. The number of amides is 1. The highest BCUT2D eigenvalue weighted by Crippen LogP contribution is 2.52. The lowest BCUT2D eigenvalue weighted by atomic mass is 9.89. The van der Waals surface area contributed by atoms with E-state index in [1.807, 2.05) is 72.8 Å². The largest absolute Gasteiger partial charge is 0.493 e. The first-order valence-corrected chi connectivity index (χ1v) is 16.1. The van der Waals surface area contributed by atoms with E-state index < -0.39 is 0 Å². The number of methoxy groups -OCH3 is 6. The van der Waals surface area contributed by atoms with E-state index in [4.69, 9.17) is 28.4 Å². The van der Waals surface area contributed by atoms with Crippen molar-refractivity contribution in [1.29, 1.82) is 0 Å². The number of aromatic nitrogens is 1. The molecule has 248 valence electrons. The van der Waals surface area contributed by atoms with Gasteiger partial charge in [-0.25, -0.2) is 0 Å². The Morgan fingerprint density at radius 1 is 0.688 bits per heavy atom. The molecule has 1 aliphatic heterocycles. The van der Waals surface area contributed by atoms with Crippen LogP contribution in [-0.2, 0) is 19.5 Å². The first-order valence-electron chi connectivity index (χ1n) is 15.3. The fraction of sp³-hybridized carbons (Fsp3) is 0.237. The van der Waals surface area contributed by atoms with Crippen molar-refractivity contribution in [2.75, 3.05) is 42.7 Å². The van der Waals surface area contributed by atoms with Crippen LogP contribution in [0.3, 0.4) is 0 Å². The normalized spacial score (nSPS) is 11.6. The number of nitrogens with one attached hydrogen (secondary N) is 1. The fourth-order valence-corrected chi connectivity index (χ4v) is 6.90. The zero-order valence-corrected chi connectivity index (χ0v) is 29.3. The van der Waals surface area contributed by atoms with Gasteiger partial charge in [0.25, 0.3) is 5.91 Å². The van der Waals surface area contributed by atoms with Gasteiger partial charge in [-0.15, -0.1) is 0 Å². The van der Waals surface area contributed by atoms with Crippen molar-refractivity contribution in [3.63, 3.8) is 0 Å². The Morgan fingerprint density at radius 3 is 1.92 bits per heavy atom. The molecule has 10 heteroatoms. The van der Waals surface area contributed by atoms with Gasteiger partial charge in [0, 0.05) is 39.8 Å². The molecule has 2 heterocycles. The van der Waals surface area contributed by atoms with E-state index in [0.29, 0.717) is 59.7 Å². The van der Waals surface area contributed by atoms with Crippen molar-refractivity contribution in [3.05, 3.63) is 94.1 Å². The fourth-order valence-electron chi connectivity index (χ4n) is 6.38. The number of hydrogen-bond acceptors (Lipinski definition) is 7. The topological polar surface area (TPSA) is 89.4 Å². The van der Waals surface area contributed by atoms with Crippen LogP contribution in [0.4, 0.5) is 0 Å². The first-order chi connectivity index (χ1) is 23.4. The molecule has 5 aromatic rings. The molecule has 1 aromatic heterocycles. The summed E-state index contributed by atoms with van der Waals surface area (Å²) >= 11 is 3.81. The van der Waals surface area contributed by atoms with Crippen LogP contribution in [0.5, 0.6) is 34.5 Å². The highest BCUT2D eigenvalue weighted by molar-refractivity contribution is 9.10.